The molecule has 0 unspecified atom stereocenters. The number of likely N-dealkylation sites (N-methyl/N-ethyl adjacent to an activating group) is 1. The van der Waals surface area contributed by atoms with Gasteiger partial charge in [0.15, 0.2) is 0 Å². The summed E-state index contributed by atoms with van der Waals surface area (Å²) in [6, 6.07) is 22.2. The molecule has 0 fully saturated rings. The molecule has 0 saturated carbocycles. The molecule has 0 heterocycles. The van der Waals surface area contributed by atoms with Crippen molar-refractivity contribution in [3.8, 4) is 11.5 Å². The number of rotatable bonds is 14. The maximum absolute atomic E-state index is 14.0. The van der Waals surface area contributed by atoms with Crippen molar-refractivity contribution in [2.24, 2.45) is 0 Å². The lowest BCUT2D eigenvalue weighted by molar-refractivity contribution is -0.140. The summed E-state index contributed by atoms with van der Waals surface area (Å²) in [5.74, 6) is 0.350. The highest BCUT2D eigenvalue weighted by atomic mass is 32.2. The van der Waals surface area contributed by atoms with Crippen LogP contribution in [0, 0.1) is 0 Å². The fraction of sp³-hybridized carbons (Fsp3) is 0.333. The van der Waals surface area contributed by atoms with Crippen LogP contribution in [0.15, 0.2) is 78.9 Å². The Hall–Kier alpha value is -4.05. The molecular weight excluding hydrogens is 530 g/mol. The molecule has 214 valence electrons. The van der Waals surface area contributed by atoms with Gasteiger partial charge in [0.25, 0.3) is 0 Å². The van der Waals surface area contributed by atoms with Crippen LogP contribution in [0.1, 0.15) is 25.0 Å². The van der Waals surface area contributed by atoms with Crippen LogP contribution in [0.2, 0.25) is 0 Å². The smallest absolute Gasteiger partial charge is 0.244 e. The predicted octanol–water partition coefficient (Wildman–Crippen LogP) is 3.64. The van der Waals surface area contributed by atoms with E-state index in [4.69, 9.17) is 9.47 Å². The Morgan fingerprint density at radius 3 is 2.17 bits per heavy atom. The summed E-state index contributed by atoms with van der Waals surface area (Å²) in [5, 5.41) is 2.84. The molecule has 0 radical (unpaired) electrons. The minimum Gasteiger partial charge on any atom is -0.497 e. The number of carbonyl (C=O) groups is 2. The lowest BCUT2D eigenvalue weighted by atomic mass is 10.0. The minimum absolute atomic E-state index is 0.0749. The molecule has 10 heteroatoms. The number of amides is 2. The molecule has 2 amide bonds. The number of carbonyl (C=O) groups excluding carboxylic acids is 2. The van der Waals surface area contributed by atoms with E-state index in [1.54, 1.807) is 49.6 Å². The number of methoxy groups -OCH3 is 1. The number of anilines is 1. The van der Waals surface area contributed by atoms with Gasteiger partial charge < -0.3 is 19.7 Å². The molecule has 0 saturated heterocycles. The third-order valence-corrected chi connectivity index (χ3v) is 7.36. The van der Waals surface area contributed by atoms with Crippen LogP contribution in [-0.4, -0.2) is 64.2 Å². The predicted molar refractivity (Wildman–Crippen MR) is 156 cm³/mol. The second kappa shape index (κ2) is 14.4. The Bertz CT molecular complexity index is 1360. The maximum Gasteiger partial charge on any atom is 0.244 e. The van der Waals surface area contributed by atoms with Crippen LogP contribution in [0.4, 0.5) is 5.69 Å². The third kappa shape index (κ3) is 8.47. The number of hydrogen-bond donors (Lipinski definition) is 1. The zero-order chi connectivity index (χ0) is 29.1. The average molecular weight is 568 g/mol. The quantitative estimate of drug-likeness (QED) is 0.319. The fourth-order valence-electron chi connectivity index (χ4n) is 4.30. The molecule has 1 N–H and O–H groups in total. The van der Waals surface area contributed by atoms with E-state index in [0.717, 1.165) is 21.7 Å². The number of hydrogen-bond acceptors (Lipinski definition) is 6. The lowest BCUT2D eigenvalue weighted by Crippen LogP contribution is -2.53. The highest BCUT2D eigenvalue weighted by molar-refractivity contribution is 7.92. The van der Waals surface area contributed by atoms with Gasteiger partial charge in [0.2, 0.25) is 21.8 Å². The van der Waals surface area contributed by atoms with Crippen LogP contribution in [0.5, 0.6) is 11.5 Å². The molecule has 0 aliphatic heterocycles. The Morgan fingerprint density at radius 2 is 1.57 bits per heavy atom. The normalized spacial score (nSPS) is 11.8. The van der Waals surface area contributed by atoms with Crippen LogP contribution < -0.4 is 19.1 Å². The second-order valence-electron chi connectivity index (χ2n) is 9.17. The van der Waals surface area contributed by atoms with E-state index in [9.17, 15) is 18.0 Å². The lowest BCUT2D eigenvalue weighted by Gasteiger charge is -2.33. The van der Waals surface area contributed by atoms with Crippen LogP contribution >= 0.6 is 0 Å². The van der Waals surface area contributed by atoms with Crippen molar-refractivity contribution in [2.45, 2.75) is 32.9 Å². The number of ether oxygens (including phenoxy) is 2. The Labute approximate surface area is 236 Å². The SMILES string of the molecule is CCNC(=O)[C@H](Cc1ccccc1)N(Cc1cccc(OC)c1)C(=O)CN(c1ccc(OCC)cc1)S(C)(=O)=O. The first-order chi connectivity index (χ1) is 19.2. The molecule has 3 aromatic carbocycles. The third-order valence-electron chi connectivity index (χ3n) is 6.22. The summed E-state index contributed by atoms with van der Waals surface area (Å²) in [6.45, 7) is 4.10. The zero-order valence-electron chi connectivity index (χ0n) is 23.4. The number of nitrogens with one attached hydrogen (secondary N) is 1. The Morgan fingerprint density at radius 1 is 0.900 bits per heavy atom. The van der Waals surface area contributed by atoms with Gasteiger partial charge in [-0.15, -0.1) is 0 Å². The van der Waals surface area contributed by atoms with E-state index in [1.807, 2.05) is 50.2 Å². The molecule has 0 bridgehead atoms. The van der Waals surface area contributed by atoms with E-state index in [2.05, 4.69) is 5.32 Å². The molecule has 0 aliphatic carbocycles. The van der Waals surface area contributed by atoms with Crippen molar-refractivity contribution in [3.05, 3.63) is 90.0 Å². The van der Waals surface area contributed by atoms with Crippen molar-refractivity contribution in [3.63, 3.8) is 0 Å². The fourth-order valence-corrected chi connectivity index (χ4v) is 5.15. The van der Waals surface area contributed by atoms with E-state index in [0.29, 0.717) is 30.3 Å². The van der Waals surface area contributed by atoms with Crippen LogP contribution in [-0.2, 0) is 32.6 Å². The number of nitrogens with zero attached hydrogens (tertiary/aromatic N) is 2. The number of sulfonamides is 1. The minimum atomic E-state index is -3.85. The number of benzene rings is 3. The molecule has 9 nitrogen and oxygen atoms in total. The highest BCUT2D eigenvalue weighted by Gasteiger charge is 2.33. The zero-order valence-corrected chi connectivity index (χ0v) is 24.2. The van der Waals surface area contributed by atoms with E-state index < -0.39 is 28.5 Å². The monoisotopic (exact) mass is 567 g/mol. The van der Waals surface area contributed by atoms with E-state index >= 15 is 0 Å². The van der Waals surface area contributed by atoms with E-state index in [-0.39, 0.29) is 18.9 Å². The summed E-state index contributed by atoms with van der Waals surface area (Å²) in [5.41, 5.74) is 1.92. The van der Waals surface area contributed by atoms with E-state index in [1.165, 1.54) is 4.90 Å². The summed E-state index contributed by atoms with van der Waals surface area (Å²) in [6.07, 6.45) is 1.30. The van der Waals surface area contributed by atoms with Gasteiger partial charge in [0.05, 0.1) is 25.7 Å². The van der Waals surface area contributed by atoms with Crippen molar-refractivity contribution >= 4 is 27.5 Å². The van der Waals surface area contributed by atoms with Gasteiger partial charge >= 0.3 is 0 Å². The van der Waals surface area contributed by atoms with Gasteiger partial charge in [-0.2, -0.15) is 0 Å². The van der Waals surface area contributed by atoms with Crippen LogP contribution in [0.3, 0.4) is 0 Å². The maximum atomic E-state index is 14.0. The van der Waals surface area contributed by atoms with Crippen molar-refractivity contribution in [1.29, 1.82) is 0 Å². The summed E-state index contributed by atoms with van der Waals surface area (Å²) in [4.78, 5) is 28.9. The first kappa shape index (κ1) is 30.5. The van der Waals surface area contributed by atoms with Crippen molar-refractivity contribution in [2.75, 3.05) is 37.4 Å². The molecule has 40 heavy (non-hydrogen) atoms. The first-order valence-corrected chi connectivity index (χ1v) is 15.0. The molecule has 3 aromatic rings. The van der Waals surface area contributed by atoms with Crippen molar-refractivity contribution in [1.82, 2.24) is 10.2 Å². The molecular formula is C30H37N3O6S. The standard InChI is InChI=1S/C30H37N3O6S/c1-5-31-30(35)28(20-23-11-8-7-9-12-23)32(21-24-13-10-14-27(19-24)38-3)29(34)22-33(40(4,36)37)25-15-17-26(18-16-25)39-6-2/h7-19,28H,5-6,20-22H2,1-4H3,(H,31,35)/t28-/m0/s1. The Balaban J connectivity index is 2.02. The van der Waals surface area contributed by atoms with Gasteiger partial charge in [-0.05, 0) is 61.4 Å². The van der Waals surface area contributed by atoms with Gasteiger partial charge in [0.1, 0.15) is 24.1 Å². The highest BCUT2D eigenvalue weighted by Crippen LogP contribution is 2.24. The molecule has 0 aliphatic rings. The van der Waals surface area contributed by atoms with Gasteiger partial charge in [-0.1, -0.05) is 42.5 Å². The topological polar surface area (TPSA) is 105 Å². The van der Waals surface area contributed by atoms with Gasteiger partial charge in [-0.25, -0.2) is 8.42 Å². The summed E-state index contributed by atoms with van der Waals surface area (Å²) in [7, 11) is -2.29. The molecule has 3 rings (SSSR count). The summed E-state index contributed by atoms with van der Waals surface area (Å²) >= 11 is 0. The van der Waals surface area contributed by atoms with Crippen molar-refractivity contribution < 1.29 is 27.5 Å². The first-order valence-electron chi connectivity index (χ1n) is 13.1. The molecule has 1 atom stereocenters. The summed E-state index contributed by atoms with van der Waals surface area (Å²) < 4.78 is 37.6. The largest absolute Gasteiger partial charge is 0.497 e. The second-order valence-corrected chi connectivity index (χ2v) is 11.1. The van der Waals surface area contributed by atoms with Gasteiger partial charge in [-0.3, -0.25) is 13.9 Å². The Kier molecular flexibility index (Phi) is 11.0. The van der Waals surface area contributed by atoms with Crippen LogP contribution in [0.25, 0.3) is 0 Å². The average Bonchev–Trinajstić information content (AvgIpc) is 2.94. The molecule has 0 spiro atoms. The molecule has 0 aromatic heterocycles. The van der Waals surface area contributed by atoms with Gasteiger partial charge in [0, 0.05) is 19.5 Å².